The lowest BCUT2D eigenvalue weighted by Crippen LogP contribution is -2.26. The smallest absolute Gasteiger partial charge is 0.442 e. The van der Waals surface area contributed by atoms with E-state index in [0.717, 1.165) is 34.3 Å². The van der Waals surface area contributed by atoms with Crippen molar-refractivity contribution in [3.8, 4) is 22.9 Å². The number of aromatic nitrogens is 2. The van der Waals surface area contributed by atoms with Crippen molar-refractivity contribution in [2.24, 2.45) is 5.92 Å². The van der Waals surface area contributed by atoms with Crippen molar-refractivity contribution in [3.63, 3.8) is 0 Å². The molecular formula is C23H25N3O7S. The molecule has 1 aliphatic carbocycles. The number of hydrogen-bond donors (Lipinski definition) is 1. The van der Waals surface area contributed by atoms with Crippen LogP contribution in [0.15, 0.2) is 27.5 Å². The molecule has 1 unspecified atom stereocenters. The fraction of sp³-hybridized carbons (Fsp3) is 0.391. The molecule has 2 aromatic heterocycles. The van der Waals surface area contributed by atoms with Crippen LogP contribution in [-0.2, 0) is 28.9 Å². The molecule has 0 bridgehead atoms. The van der Waals surface area contributed by atoms with Gasteiger partial charge < -0.3 is 19.5 Å². The van der Waals surface area contributed by atoms with Crippen LogP contribution in [0.3, 0.4) is 0 Å². The summed E-state index contributed by atoms with van der Waals surface area (Å²) in [5.74, 6) is -0.166. The van der Waals surface area contributed by atoms with Gasteiger partial charge in [-0.1, -0.05) is 12.1 Å². The molecule has 0 radical (unpaired) electrons. The molecule has 2 heterocycles. The fourth-order valence-corrected chi connectivity index (χ4v) is 5.47. The number of carbonyl (C=O) groups is 2. The van der Waals surface area contributed by atoms with E-state index in [1.165, 1.54) is 32.7 Å². The molecule has 1 atom stereocenters. The number of thiophene rings is 1. The lowest BCUT2D eigenvalue weighted by molar-refractivity contribution is -0.116. The number of ether oxygens (including phenoxy) is 3. The summed E-state index contributed by atoms with van der Waals surface area (Å²) < 4.78 is 21.4. The number of nitrogens with zero attached hydrogens (tertiary/aromatic N) is 2. The van der Waals surface area contributed by atoms with Crippen molar-refractivity contribution in [2.45, 2.75) is 32.7 Å². The van der Waals surface area contributed by atoms with Crippen LogP contribution in [0.25, 0.3) is 11.4 Å². The van der Waals surface area contributed by atoms with E-state index < -0.39 is 17.6 Å². The first-order chi connectivity index (χ1) is 16.4. The van der Waals surface area contributed by atoms with Gasteiger partial charge in [0.2, 0.25) is 5.91 Å². The normalized spacial score (nSPS) is 14.9. The van der Waals surface area contributed by atoms with Crippen LogP contribution < -0.4 is 20.5 Å². The van der Waals surface area contributed by atoms with Crippen LogP contribution in [-0.4, -0.2) is 42.9 Å². The van der Waals surface area contributed by atoms with Gasteiger partial charge in [-0.05, 0) is 48.9 Å². The number of nitrogens with one attached hydrogen (secondary N) is 1. The summed E-state index contributed by atoms with van der Waals surface area (Å²) in [6, 6.07) is 4.98. The van der Waals surface area contributed by atoms with E-state index in [0.29, 0.717) is 33.5 Å². The summed E-state index contributed by atoms with van der Waals surface area (Å²) in [5.41, 5.74) is 1.83. The molecule has 4 rings (SSSR count). The highest BCUT2D eigenvalue weighted by atomic mass is 32.1. The molecular weight excluding hydrogens is 462 g/mol. The van der Waals surface area contributed by atoms with Crippen LogP contribution in [0.1, 0.15) is 34.1 Å². The van der Waals surface area contributed by atoms with Crippen molar-refractivity contribution in [2.75, 3.05) is 26.6 Å². The van der Waals surface area contributed by atoms with Gasteiger partial charge in [-0.3, -0.25) is 9.32 Å². The Bertz CT molecular complexity index is 1290. The van der Waals surface area contributed by atoms with E-state index in [9.17, 15) is 14.4 Å². The molecule has 34 heavy (non-hydrogen) atoms. The summed E-state index contributed by atoms with van der Waals surface area (Å²) in [5, 5.41) is 7.04. The average Bonchev–Trinajstić information content (AvgIpc) is 3.37. The number of fused-ring (bicyclic) bond motifs is 1. The Morgan fingerprint density at radius 2 is 2.00 bits per heavy atom. The van der Waals surface area contributed by atoms with Crippen LogP contribution >= 0.6 is 11.3 Å². The van der Waals surface area contributed by atoms with Gasteiger partial charge in [0, 0.05) is 10.4 Å². The zero-order valence-electron chi connectivity index (χ0n) is 19.3. The van der Waals surface area contributed by atoms with Crippen molar-refractivity contribution in [1.29, 1.82) is 0 Å². The summed E-state index contributed by atoms with van der Waals surface area (Å²) in [4.78, 5) is 38.8. The molecule has 3 aromatic rings. The van der Waals surface area contributed by atoms with Crippen molar-refractivity contribution in [3.05, 3.63) is 44.8 Å². The molecule has 180 valence electrons. The third kappa shape index (κ3) is 4.43. The van der Waals surface area contributed by atoms with Crippen LogP contribution in [0.5, 0.6) is 11.5 Å². The Morgan fingerprint density at radius 3 is 2.71 bits per heavy atom. The SMILES string of the molecule is COC(=O)c1c(NC(=O)Cn2c(-c3ccc(OC)c(OC)c3)noc2=O)sc2c1CCC(C)C2. The van der Waals surface area contributed by atoms with E-state index in [4.69, 9.17) is 18.7 Å². The van der Waals surface area contributed by atoms with E-state index in [2.05, 4.69) is 17.4 Å². The molecule has 10 nitrogen and oxygen atoms in total. The molecule has 1 N–H and O–H groups in total. The Hall–Kier alpha value is -3.60. The first kappa shape index (κ1) is 23.6. The van der Waals surface area contributed by atoms with Gasteiger partial charge in [-0.25, -0.2) is 14.2 Å². The van der Waals surface area contributed by atoms with Crippen LogP contribution in [0.4, 0.5) is 5.00 Å². The second-order valence-corrected chi connectivity index (χ2v) is 9.13. The highest BCUT2D eigenvalue weighted by Crippen LogP contribution is 2.40. The minimum absolute atomic E-state index is 0.161. The van der Waals surface area contributed by atoms with Crippen molar-refractivity contribution >= 4 is 28.2 Å². The number of methoxy groups -OCH3 is 3. The van der Waals surface area contributed by atoms with Gasteiger partial charge in [0.15, 0.2) is 17.3 Å². The Kier molecular flexibility index (Phi) is 6.73. The fourth-order valence-electron chi connectivity index (χ4n) is 4.06. The zero-order chi connectivity index (χ0) is 24.4. The molecule has 1 aliphatic rings. The quantitative estimate of drug-likeness (QED) is 0.505. The average molecular weight is 488 g/mol. The predicted octanol–water partition coefficient (Wildman–Crippen LogP) is 3.13. The maximum atomic E-state index is 12.9. The maximum absolute atomic E-state index is 12.9. The van der Waals surface area contributed by atoms with Crippen molar-refractivity contribution < 1.29 is 28.3 Å². The van der Waals surface area contributed by atoms with Gasteiger partial charge in [0.05, 0.1) is 26.9 Å². The molecule has 0 saturated carbocycles. The molecule has 0 saturated heterocycles. The highest BCUT2D eigenvalue weighted by Gasteiger charge is 2.29. The molecule has 1 amide bonds. The number of anilines is 1. The van der Waals surface area contributed by atoms with Gasteiger partial charge in [-0.15, -0.1) is 11.3 Å². The van der Waals surface area contributed by atoms with E-state index >= 15 is 0 Å². The second kappa shape index (κ2) is 9.72. The largest absolute Gasteiger partial charge is 0.493 e. The Balaban J connectivity index is 1.62. The van der Waals surface area contributed by atoms with E-state index in [-0.39, 0.29) is 12.4 Å². The third-order valence-corrected chi connectivity index (χ3v) is 6.95. The van der Waals surface area contributed by atoms with E-state index in [1.807, 2.05) is 0 Å². The topological polar surface area (TPSA) is 122 Å². The Labute approximate surface area is 199 Å². The molecule has 0 spiro atoms. The third-order valence-electron chi connectivity index (χ3n) is 5.78. The van der Waals surface area contributed by atoms with Crippen molar-refractivity contribution in [1.82, 2.24) is 9.72 Å². The number of amides is 1. The van der Waals surface area contributed by atoms with E-state index in [1.54, 1.807) is 18.2 Å². The number of esters is 1. The van der Waals surface area contributed by atoms with Gasteiger partial charge >= 0.3 is 11.7 Å². The Morgan fingerprint density at radius 1 is 1.24 bits per heavy atom. The molecule has 1 aromatic carbocycles. The number of hydrogen-bond acceptors (Lipinski definition) is 9. The standard InChI is InChI=1S/C23H25N3O7S/c1-12-5-7-14-17(9-12)34-21(19(14)22(28)32-4)24-18(27)11-26-20(25-33-23(26)29)13-6-8-15(30-2)16(10-13)31-3/h6,8,10,12H,5,7,9,11H2,1-4H3,(H,24,27). The summed E-state index contributed by atoms with van der Waals surface area (Å²) in [6.45, 7) is 1.80. The van der Waals surface area contributed by atoms with Crippen LogP contribution in [0, 0.1) is 5.92 Å². The summed E-state index contributed by atoms with van der Waals surface area (Å²) >= 11 is 1.37. The maximum Gasteiger partial charge on any atom is 0.442 e. The first-order valence-electron chi connectivity index (χ1n) is 10.7. The minimum atomic E-state index is -0.785. The van der Waals surface area contributed by atoms with Gasteiger partial charge in [0.1, 0.15) is 11.5 Å². The highest BCUT2D eigenvalue weighted by molar-refractivity contribution is 7.17. The zero-order valence-corrected chi connectivity index (χ0v) is 20.1. The first-order valence-corrected chi connectivity index (χ1v) is 11.5. The lowest BCUT2D eigenvalue weighted by atomic mass is 9.88. The number of benzene rings is 1. The molecule has 0 aliphatic heterocycles. The lowest BCUT2D eigenvalue weighted by Gasteiger charge is -2.18. The van der Waals surface area contributed by atoms with Crippen LogP contribution in [0.2, 0.25) is 0 Å². The monoisotopic (exact) mass is 487 g/mol. The number of carbonyl (C=O) groups excluding carboxylic acids is 2. The molecule has 11 heteroatoms. The second-order valence-electron chi connectivity index (χ2n) is 8.02. The predicted molar refractivity (Wildman–Crippen MR) is 125 cm³/mol. The minimum Gasteiger partial charge on any atom is -0.493 e. The molecule has 0 fully saturated rings. The number of rotatable bonds is 7. The summed E-state index contributed by atoms with van der Waals surface area (Å²) in [7, 11) is 4.32. The summed E-state index contributed by atoms with van der Waals surface area (Å²) in [6.07, 6.45) is 2.56. The van der Waals surface area contributed by atoms with Gasteiger partial charge in [0.25, 0.3) is 0 Å². The van der Waals surface area contributed by atoms with Gasteiger partial charge in [-0.2, -0.15) is 0 Å².